The second-order valence-corrected chi connectivity index (χ2v) is 6.57. The lowest BCUT2D eigenvalue weighted by molar-refractivity contribution is 0.211. The van der Waals surface area contributed by atoms with Gasteiger partial charge in [-0.15, -0.1) is 0 Å². The zero-order valence-corrected chi connectivity index (χ0v) is 14.3. The van der Waals surface area contributed by atoms with Gasteiger partial charge in [-0.2, -0.15) is 0 Å². The van der Waals surface area contributed by atoms with Gasteiger partial charge in [0.2, 0.25) is 0 Å². The molecule has 124 valence electrons. The molecule has 0 aliphatic heterocycles. The van der Waals surface area contributed by atoms with E-state index in [9.17, 15) is 5.11 Å². The highest BCUT2D eigenvalue weighted by Gasteiger charge is 2.15. The summed E-state index contributed by atoms with van der Waals surface area (Å²) in [5.74, 6) is 0.563. The van der Waals surface area contributed by atoms with Crippen molar-refractivity contribution in [2.24, 2.45) is 0 Å². The molecule has 2 N–H and O–H groups in total. The van der Waals surface area contributed by atoms with Crippen LogP contribution >= 0.6 is 0 Å². The fraction of sp³-hybridized carbons (Fsp3) is 0.136. The smallest absolute Gasteiger partial charge is 0.140 e. The van der Waals surface area contributed by atoms with Crippen LogP contribution in [0.25, 0.3) is 22.0 Å². The van der Waals surface area contributed by atoms with Crippen LogP contribution in [0.5, 0.6) is 0 Å². The number of H-pyrrole nitrogens is 1. The number of benzene rings is 3. The molecule has 1 atom stereocenters. The van der Waals surface area contributed by atoms with E-state index < -0.39 is 6.10 Å². The topological polar surface area (TPSA) is 48.9 Å². The fourth-order valence-electron chi connectivity index (χ4n) is 3.30. The molecule has 0 fully saturated rings. The number of aliphatic hydroxyl groups excluding tert-OH is 1. The number of nitrogens with zero attached hydrogens (tertiary/aromatic N) is 1. The van der Waals surface area contributed by atoms with E-state index in [0.29, 0.717) is 5.82 Å². The molecule has 1 unspecified atom stereocenters. The summed E-state index contributed by atoms with van der Waals surface area (Å²) < 4.78 is 0. The standard InChI is InChI=1S/C22H20N2O/c1-14-9-15(2)11-19(10-14)21(25)22-23-13-20(24-22)18-8-7-16-5-3-4-6-17(16)12-18/h3-13,21,25H,1-2H3,(H,23,24). The van der Waals surface area contributed by atoms with Crippen molar-refractivity contribution in [1.29, 1.82) is 0 Å². The number of hydrogen-bond donors (Lipinski definition) is 2. The van der Waals surface area contributed by atoms with Crippen molar-refractivity contribution in [3.63, 3.8) is 0 Å². The summed E-state index contributed by atoms with van der Waals surface area (Å²) in [7, 11) is 0. The molecule has 0 aliphatic rings. The van der Waals surface area contributed by atoms with Crippen LogP contribution in [0.1, 0.15) is 28.6 Å². The molecule has 25 heavy (non-hydrogen) atoms. The zero-order chi connectivity index (χ0) is 17.4. The number of fused-ring (bicyclic) bond motifs is 1. The predicted molar refractivity (Wildman–Crippen MR) is 102 cm³/mol. The highest BCUT2D eigenvalue weighted by Crippen LogP contribution is 2.26. The third-order valence-electron chi connectivity index (χ3n) is 4.47. The van der Waals surface area contributed by atoms with Gasteiger partial charge in [0.25, 0.3) is 0 Å². The minimum Gasteiger partial charge on any atom is -0.380 e. The van der Waals surface area contributed by atoms with E-state index in [2.05, 4.69) is 46.4 Å². The van der Waals surface area contributed by atoms with E-state index in [1.54, 1.807) is 6.20 Å². The van der Waals surface area contributed by atoms with Crippen molar-refractivity contribution < 1.29 is 5.11 Å². The number of aliphatic hydroxyl groups is 1. The normalized spacial score (nSPS) is 12.4. The zero-order valence-electron chi connectivity index (χ0n) is 14.3. The Hall–Kier alpha value is -2.91. The van der Waals surface area contributed by atoms with Crippen molar-refractivity contribution in [3.05, 3.63) is 89.4 Å². The van der Waals surface area contributed by atoms with Crippen LogP contribution in [0.3, 0.4) is 0 Å². The van der Waals surface area contributed by atoms with Gasteiger partial charge in [-0.05, 0) is 36.2 Å². The van der Waals surface area contributed by atoms with Crippen molar-refractivity contribution in [2.75, 3.05) is 0 Å². The molecule has 0 aliphatic carbocycles. The van der Waals surface area contributed by atoms with E-state index >= 15 is 0 Å². The number of imidazole rings is 1. The Morgan fingerprint density at radius 3 is 2.36 bits per heavy atom. The number of rotatable bonds is 3. The first-order chi connectivity index (χ1) is 12.1. The van der Waals surface area contributed by atoms with Gasteiger partial charge < -0.3 is 10.1 Å². The second-order valence-electron chi connectivity index (χ2n) is 6.57. The van der Waals surface area contributed by atoms with Gasteiger partial charge in [-0.1, -0.05) is 65.7 Å². The van der Waals surface area contributed by atoms with Crippen LogP contribution in [0, 0.1) is 13.8 Å². The number of hydrogen-bond acceptors (Lipinski definition) is 2. The Kier molecular flexibility index (Phi) is 3.86. The van der Waals surface area contributed by atoms with Gasteiger partial charge >= 0.3 is 0 Å². The van der Waals surface area contributed by atoms with Crippen LogP contribution in [0.4, 0.5) is 0 Å². The molecule has 4 rings (SSSR count). The van der Waals surface area contributed by atoms with Crippen molar-refractivity contribution >= 4 is 10.8 Å². The van der Waals surface area contributed by atoms with Gasteiger partial charge in [0.05, 0.1) is 11.9 Å². The minimum atomic E-state index is -0.757. The van der Waals surface area contributed by atoms with Gasteiger partial charge in [0.15, 0.2) is 0 Å². The van der Waals surface area contributed by atoms with Crippen molar-refractivity contribution in [3.8, 4) is 11.3 Å². The Morgan fingerprint density at radius 2 is 1.60 bits per heavy atom. The van der Waals surface area contributed by atoms with Gasteiger partial charge in [0, 0.05) is 5.56 Å². The summed E-state index contributed by atoms with van der Waals surface area (Å²) >= 11 is 0. The molecular weight excluding hydrogens is 308 g/mol. The molecule has 0 saturated carbocycles. The Morgan fingerprint density at radius 1 is 0.880 bits per heavy atom. The molecule has 0 radical (unpaired) electrons. The number of aromatic nitrogens is 2. The number of aromatic amines is 1. The predicted octanol–water partition coefficient (Wildman–Crippen LogP) is 4.93. The molecule has 3 heteroatoms. The highest BCUT2D eigenvalue weighted by molar-refractivity contribution is 5.86. The molecule has 1 aromatic heterocycles. The summed E-state index contributed by atoms with van der Waals surface area (Å²) in [4.78, 5) is 7.67. The lowest BCUT2D eigenvalue weighted by Crippen LogP contribution is -2.02. The van der Waals surface area contributed by atoms with Gasteiger partial charge in [0.1, 0.15) is 11.9 Å². The Bertz CT molecular complexity index is 1030. The molecule has 0 spiro atoms. The quantitative estimate of drug-likeness (QED) is 0.560. The third kappa shape index (κ3) is 3.06. The van der Waals surface area contributed by atoms with Crippen LogP contribution in [-0.4, -0.2) is 15.1 Å². The molecule has 4 aromatic rings. The summed E-state index contributed by atoms with van der Waals surface area (Å²) in [5, 5.41) is 13.1. The van der Waals surface area contributed by atoms with Crippen LogP contribution < -0.4 is 0 Å². The van der Waals surface area contributed by atoms with E-state index in [1.807, 2.05) is 38.1 Å². The van der Waals surface area contributed by atoms with E-state index in [4.69, 9.17) is 0 Å². The Balaban J connectivity index is 1.68. The summed E-state index contributed by atoms with van der Waals surface area (Å²) in [6.07, 6.45) is 1.03. The monoisotopic (exact) mass is 328 g/mol. The number of aryl methyl sites for hydroxylation is 2. The maximum absolute atomic E-state index is 10.7. The second kappa shape index (κ2) is 6.19. The molecule has 0 bridgehead atoms. The van der Waals surface area contributed by atoms with E-state index in [1.165, 1.54) is 10.8 Å². The average molecular weight is 328 g/mol. The fourth-order valence-corrected chi connectivity index (χ4v) is 3.30. The van der Waals surface area contributed by atoms with Gasteiger partial charge in [-0.3, -0.25) is 0 Å². The molecule has 3 aromatic carbocycles. The summed E-state index contributed by atoms with van der Waals surface area (Å²) in [5.41, 5.74) is 5.09. The molecular formula is C22H20N2O. The maximum Gasteiger partial charge on any atom is 0.140 e. The van der Waals surface area contributed by atoms with Gasteiger partial charge in [-0.25, -0.2) is 4.98 Å². The SMILES string of the molecule is Cc1cc(C)cc(C(O)c2ncc(-c3ccc4ccccc4c3)[nH]2)c1. The van der Waals surface area contributed by atoms with E-state index in [0.717, 1.165) is 27.9 Å². The number of nitrogens with one attached hydrogen (secondary N) is 1. The van der Waals surface area contributed by atoms with E-state index in [-0.39, 0.29) is 0 Å². The third-order valence-corrected chi connectivity index (χ3v) is 4.47. The maximum atomic E-state index is 10.7. The minimum absolute atomic E-state index is 0.563. The van der Waals surface area contributed by atoms with Crippen molar-refractivity contribution in [1.82, 2.24) is 9.97 Å². The first-order valence-electron chi connectivity index (χ1n) is 8.40. The van der Waals surface area contributed by atoms with Crippen LogP contribution in [0.2, 0.25) is 0 Å². The highest BCUT2D eigenvalue weighted by atomic mass is 16.3. The Labute approximate surface area is 147 Å². The largest absolute Gasteiger partial charge is 0.380 e. The summed E-state index contributed by atoms with van der Waals surface area (Å²) in [6.45, 7) is 4.07. The van der Waals surface area contributed by atoms with Crippen LogP contribution in [0.15, 0.2) is 66.9 Å². The lowest BCUT2D eigenvalue weighted by Gasteiger charge is -2.10. The first kappa shape index (κ1) is 15.6. The lowest BCUT2D eigenvalue weighted by atomic mass is 10.0. The van der Waals surface area contributed by atoms with Crippen LogP contribution in [-0.2, 0) is 0 Å². The first-order valence-corrected chi connectivity index (χ1v) is 8.40. The molecule has 0 saturated heterocycles. The molecule has 1 heterocycles. The molecule has 3 nitrogen and oxygen atoms in total. The molecule has 0 amide bonds. The van der Waals surface area contributed by atoms with Crippen molar-refractivity contribution in [2.45, 2.75) is 20.0 Å². The average Bonchev–Trinajstić information content (AvgIpc) is 3.10. The summed E-state index contributed by atoms with van der Waals surface area (Å²) in [6, 6.07) is 20.7.